The molecule has 3 aromatic heterocycles. The number of hydrogen-bond acceptors (Lipinski definition) is 6. The molecule has 3 N–H and O–H groups in total. The molecule has 1 aromatic carbocycles. The quantitative estimate of drug-likeness (QED) is 0.256. The molecule has 4 rings (SSSR count). The van der Waals surface area contributed by atoms with Crippen LogP contribution in [0.3, 0.4) is 0 Å². The van der Waals surface area contributed by atoms with Gasteiger partial charge in [0.1, 0.15) is 12.2 Å². The SMILES string of the molecule is Cc1cc(Cl)cc(C(N)=O)c1NC(=O)c1cc(Cn2ncc(C(F)(F)C(F)(F)C(F)(F)F)n2)nn1-c1ncccc1Cl. The summed E-state index contributed by atoms with van der Waals surface area (Å²) in [5.41, 5.74) is 3.26. The van der Waals surface area contributed by atoms with Gasteiger partial charge in [-0.1, -0.05) is 23.2 Å². The van der Waals surface area contributed by atoms with E-state index in [-0.39, 0.29) is 44.7 Å². The molecule has 10 nitrogen and oxygen atoms in total. The molecular formula is C23H15Cl2F7N8O2. The number of nitrogens with two attached hydrogens (primary N) is 1. The minimum Gasteiger partial charge on any atom is -0.366 e. The normalized spacial score (nSPS) is 12.4. The van der Waals surface area contributed by atoms with Crippen LogP contribution in [0, 0.1) is 6.92 Å². The molecular weight excluding hydrogens is 624 g/mol. The average Bonchev–Trinajstić information content (AvgIpc) is 3.53. The molecule has 0 saturated carbocycles. The summed E-state index contributed by atoms with van der Waals surface area (Å²) < 4.78 is 93.6. The molecule has 0 fully saturated rings. The second-order valence-corrected chi connectivity index (χ2v) is 9.46. The minimum absolute atomic E-state index is 0.00419. The van der Waals surface area contributed by atoms with Crippen LogP contribution < -0.4 is 11.1 Å². The van der Waals surface area contributed by atoms with Crippen molar-refractivity contribution in [1.82, 2.24) is 29.8 Å². The number of carbonyl (C=O) groups excluding carboxylic acids is 2. The monoisotopic (exact) mass is 638 g/mol. The van der Waals surface area contributed by atoms with Crippen LogP contribution in [0.2, 0.25) is 10.0 Å². The summed E-state index contributed by atoms with van der Waals surface area (Å²) in [5.74, 6) is -14.1. The first kappa shape index (κ1) is 30.7. The van der Waals surface area contributed by atoms with E-state index in [2.05, 4.69) is 25.6 Å². The van der Waals surface area contributed by atoms with E-state index in [1.165, 1.54) is 37.4 Å². The summed E-state index contributed by atoms with van der Waals surface area (Å²) in [6.07, 6.45) is -5.21. The predicted octanol–water partition coefficient (Wildman–Crippen LogP) is 5.16. The molecule has 0 saturated heterocycles. The van der Waals surface area contributed by atoms with Crippen LogP contribution in [0.25, 0.3) is 5.82 Å². The Kier molecular flexibility index (Phi) is 7.94. The molecule has 19 heteroatoms. The van der Waals surface area contributed by atoms with Crippen molar-refractivity contribution in [3.8, 4) is 5.82 Å². The Labute approximate surface area is 240 Å². The fourth-order valence-electron chi connectivity index (χ4n) is 3.65. The van der Waals surface area contributed by atoms with Crippen LogP contribution in [-0.4, -0.2) is 53.7 Å². The van der Waals surface area contributed by atoms with Gasteiger partial charge in [0.2, 0.25) is 0 Å². The fourth-order valence-corrected chi connectivity index (χ4v) is 4.12. The summed E-state index contributed by atoms with van der Waals surface area (Å²) in [7, 11) is 0. The number of anilines is 1. The lowest BCUT2D eigenvalue weighted by Crippen LogP contribution is -2.50. The van der Waals surface area contributed by atoms with Crippen LogP contribution in [0.1, 0.15) is 37.8 Å². The van der Waals surface area contributed by atoms with Crippen molar-refractivity contribution in [2.24, 2.45) is 5.73 Å². The molecule has 0 bridgehead atoms. The van der Waals surface area contributed by atoms with Gasteiger partial charge in [-0.3, -0.25) is 9.59 Å². The highest BCUT2D eigenvalue weighted by molar-refractivity contribution is 6.32. The Hall–Kier alpha value is -4.25. The number of hydrogen-bond donors (Lipinski definition) is 2. The largest absolute Gasteiger partial charge is 0.460 e. The van der Waals surface area contributed by atoms with Crippen LogP contribution in [0.15, 0.2) is 42.7 Å². The molecule has 222 valence electrons. The van der Waals surface area contributed by atoms with Gasteiger partial charge in [-0.25, -0.2) is 9.67 Å². The molecule has 4 aromatic rings. The van der Waals surface area contributed by atoms with Gasteiger partial charge in [0.05, 0.1) is 28.2 Å². The van der Waals surface area contributed by atoms with E-state index in [4.69, 9.17) is 28.9 Å². The molecule has 0 aliphatic heterocycles. The number of benzene rings is 1. The number of alkyl halides is 7. The third-order valence-corrected chi connectivity index (χ3v) is 6.16. The van der Waals surface area contributed by atoms with Crippen molar-refractivity contribution in [1.29, 1.82) is 0 Å². The van der Waals surface area contributed by atoms with Crippen LogP contribution in [0.4, 0.5) is 36.4 Å². The maximum atomic E-state index is 14.1. The highest BCUT2D eigenvalue weighted by Gasteiger charge is 2.74. The van der Waals surface area contributed by atoms with E-state index in [0.717, 1.165) is 10.7 Å². The first-order chi connectivity index (χ1) is 19.4. The van der Waals surface area contributed by atoms with E-state index < -0.39 is 42.1 Å². The van der Waals surface area contributed by atoms with Crippen LogP contribution in [0.5, 0.6) is 0 Å². The third-order valence-electron chi connectivity index (χ3n) is 5.65. The highest BCUT2D eigenvalue weighted by Crippen LogP contribution is 2.51. The van der Waals surface area contributed by atoms with Crippen molar-refractivity contribution < 1.29 is 40.3 Å². The number of nitrogens with zero attached hydrogens (tertiary/aromatic N) is 6. The van der Waals surface area contributed by atoms with Gasteiger partial charge in [-0.15, -0.1) is 0 Å². The van der Waals surface area contributed by atoms with Gasteiger partial charge >= 0.3 is 18.0 Å². The number of halogens is 9. The second-order valence-electron chi connectivity index (χ2n) is 8.61. The van der Waals surface area contributed by atoms with Crippen molar-refractivity contribution in [2.75, 3.05) is 5.32 Å². The fraction of sp³-hybridized carbons (Fsp3) is 0.217. The number of aromatic nitrogens is 6. The standard InChI is InChI=1S/C23H15Cl2F7N8O2/c1-10-5-11(24)6-13(18(33)41)17(10)36-20(42)15-7-12(37-40(15)19-14(25)3-2-4-34-19)9-39-35-8-16(38-39)21(26,27)22(28,29)23(30,31)32/h2-8H,9H2,1H3,(H2,33,41)(H,36,42). The average molecular weight is 639 g/mol. The summed E-state index contributed by atoms with van der Waals surface area (Å²) in [6.45, 7) is 0.864. The summed E-state index contributed by atoms with van der Waals surface area (Å²) in [6, 6.07) is 6.65. The Balaban J connectivity index is 1.73. The lowest BCUT2D eigenvalue weighted by Gasteiger charge is -2.26. The zero-order chi connectivity index (χ0) is 31.2. The number of amides is 2. The first-order valence-corrected chi connectivity index (χ1v) is 12.0. The second kappa shape index (κ2) is 10.9. The van der Waals surface area contributed by atoms with E-state index in [1.54, 1.807) is 0 Å². The maximum absolute atomic E-state index is 14.1. The van der Waals surface area contributed by atoms with E-state index in [1.807, 2.05) is 0 Å². The zero-order valence-electron chi connectivity index (χ0n) is 20.7. The highest BCUT2D eigenvalue weighted by atomic mass is 35.5. The zero-order valence-corrected chi connectivity index (χ0v) is 22.2. The molecule has 0 radical (unpaired) electrons. The molecule has 42 heavy (non-hydrogen) atoms. The number of carbonyl (C=O) groups is 2. The van der Waals surface area contributed by atoms with Gasteiger partial charge in [-0.05, 0) is 42.8 Å². The van der Waals surface area contributed by atoms with Gasteiger partial charge < -0.3 is 11.1 Å². The topological polar surface area (TPSA) is 134 Å². The molecule has 0 spiro atoms. The lowest BCUT2D eigenvalue weighted by atomic mass is 10.1. The minimum atomic E-state index is -6.57. The summed E-state index contributed by atoms with van der Waals surface area (Å²) in [4.78, 5) is 29.8. The molecule has 0 aliphatic rings. The van der Waals surface area contributed by atoms with Crippen LogP contribution in [-0.2, 0) is 12.5 Å². The van der Waals surface area contributed by atoms with E-state index >= 15 is 0 Å². The smallest absolute Gasteiger partial charge is 0.366 e. The van der Waals surface area contributed by atoms with Gasteiger partial charge in [0.15, 0.2) is 11.5 Å². The van der Waals surface area contributed by atoms with Crippen molar-refractivity contribution in [3.05, 3.63) is 81.0 Å². The van der Waals surface area contributed by atoms with Crippen molar-refractivity contribution >= 4 is 40.7 Å². The van der Waals surface area contributed by atoms with Crippen LogP contribution >= 0.6 is 23.2 Å². The van der Waals surface area contributed by atoms with E-state index in [9.17, 15) is 40.3 Å². The molecule has 0 unspecified atom stereocenters. The Morgan fingerprint density at radius 3 is 2.36 bits per heavy atom. The van der Waals surface area contributed by atoms with E-state index in [0.29, 0.717) is 10.4 Å². The Bertz CT molecular complexity index is 1690. The number of primary amides is 1. The summed E-state index contributed by atoms with van der Waals surface area (Å²) >= 11 is 12.2. The molecule has 2 amide bonds. The predicted molar refractivity (Wildman–Crippen MR) is 133 cm³/mol. The van der Waals surface area contributed by atoms with Crippen molar-refractivity contribution in [2.45, 2.75) is 31.5 Å². The molecule has 3 heterocycles. The Morgan fingerprint density at radius 2 is 1.74 bits per heavy atom. The third kappa shape index (κ3) is 5.61. The molecule has 0 aliphatic carbocycles. The number of rotatable bonds is 8. The van der Waals surface area contributed by atoms with Gasteiger partial charge in [-0.2, -0.15) is 50.8 Å². The maximum Gasteiger partial charge on any atom is 0.460 e. The molecule has 0 atom stereocenters. The van der Waals surface area contributed by atoms with Gasteiger partial charge in [0.25, 0.3) is 11.8 Å². The van der Waals surface area contributed by atoms with Gasteiger partial charge in [0, 0.05) is 11.2 Å². The number of pyridine rings is 1. The first-order valence-electron chi connectivity index (χ1n) is 11.3. The Morgan fingerprint density at radius 1 is 1.05 bits per heavy atom. The number of nitrogens with one attached hydrogen (secondary N) is 1. The lowest BCUT2D eigenvalue weighted by molar-refractivity contribution is -0.360. The summed E-state index contributed by atoms with van der Waals surface area (Å²) in [5, 5.41) is 13.2. The van der Waals surface area contributed by atoms with Crippen molar-refractivity contribution in [3.63, 3.8) is 0 Å². The number of aryl methyl sites for hydroxylation is 1.